The van der Waals surface area contributed by atoms with Gasteiger partial charge in [0.25, 0.3) is 0 Å². The standard InChI is InChI=1S/C16H27NS/c1-11(2)13-6-8-14(9-7-13)16(17-4)15-10-5-12(3)18-15/h5,10-11,13-14,16-17H,6-9H2,1-4H3. The van der Waals surface area contributed by atoms with Crippen LogP contribution < -0.4 is 5.32 Å². The Morgan fingerprint density at radius 2 is 1.72 bits per heavy atom. The van der Waals surface area contributed by atoms with Crippen LogP contribution in [0.3, 0.4) is 0 Å². The SMILES string of the molecule is CNC(c1ccc(C)s1)C1CCC(C(C)C)CC1. The predicted octanol–water partition coefficient (Wildman–Crippen LogP) is 4.78. The van der Waals surface area contributed by atoms with Gasteiger partial charge in [-0.3, -0.25) is 0 Å². The lowest BCUT2D eigenvalue weighted by Crippen LogP contribution is -2.29. The van der Waals surface area contributed by atoms with E-state index < -0.39 is 0 Å². The van der Waals surface area contributed by atoms with Crippen molar-refractivity contribution in [2.24, 2.45) is 17.8 Å². The maximum absolute atomic E-state index is 3.56. The Bertz CT molecular complexity index is 361. The van der Waals surface area contributed by atoms with Gasteiger partial charge in [-0.2, -0.15) is 0 Å². The number of rotatable bonds is 4. The van der Waals surface area contributed by atoms with Crippen molar-refractivity contribution in [3.63, 3.8) is 0 Å². The first-order valence-corrected chi connectivity index (χ1v) is 8.17. The van der Waals surface area contributed by atoms with E-state index in [2.05, 4.69) is 45.3 Å². The van der Waals surface area contributed by atoms with Crippen LogP contribution in [0.15, 0.2) is 12.1 Å². The first kappa shape index (κ1) is 14.1. The number of hydrogen-bond donors (Lipinski definition) is 1. The summed E-state index contributed by atoms with van der Waals surface area (Å²) in [5, 5.41) is 3.56. The molecular formula is C16H27NS. The minimum absolute atomic E-state index is 0.580. The molecule has 1 aromatic heterocycles. The van der Waals surface area contributed by atoms with Gasteiger partial charge in [-0.25, -0.2) is 0 Å². The molecular weight excluding hydrogens is 238 g/mol. The molecule has 1 unspecified atom stereocenters. The highest BCUT2D eigenvalue weighted by Crippen LogP contribution is 2.40. The van der Waals surface area contributed by atoms with Gasteiger partial charge in [-0.05, 0) is 69.5 Å². The molecule has 1 aliphatic rings. The molecule has 18 heavy (non-hydrogen) atoms. The van der Waals surface area contributed by atoms with Crippen LogP contribution in [0.25, 0.3) is 0 Å². The highest BCUT2D eigenvalue weighted by molar-refractivity contribution is 7.12. The zero-order valence-corrected chi connectivity index (χ0v) is 13.0. The summed E-state index contributed by atoms with van der Waals surface area (Å²) in [6, 6.07) is 5.15. The second kappa shape index (κ2) is 6.21. The summed E-state index contributed by atoms with van der Waals surface area (Å²) in [4.78, 5) is 2.96. The van der Waals surface area contributed by atoms with Crippen molar-refractivity contribution in [1.82, 2.24) is 5.32 Å². The lowest BCUT2D eigenvalue weighted by Gasteiger charge is -2.35. The minimum atomic E-state index is 0.580. The Balaban J connectivity index is 1.98. The molecule has 1 saturated carbocycles. The zero-order chi connectivity index (χ0) is 13.1. The van der Waals surface area contributed by atoms with E-state index in [1.165, 1.54) is 35.4 Å². The van der Waals surface area contributed by atoms with Crippen molar-refractivity contribution in [3.8, 4) is 0 Å². The first-order chi connectivity index (χ1) is 8.61. The van der Waals surface area contributed by atoms with E-state index in [0.29, 0.717) is 6.04 Å². The van der Waals surface area contributed by atoms with Gasteiger partial charge in [0.05, 0.1) is 0 Å². The molecule has 1 aliphatic carbocycles. The average Bonchev–Trinajstić information content (AvgIpc) is 2.77. The summed E-state index contributed by atoms with van der Waals surface area (Å²) in [7, 11) is 2.12. The summed E-state index contributed by atoms with van der Waals surface area (Å²) in [5.41, 5.74) is 0. The Hall–Kier alpha value is -0.340. The normalized spacial score (nSPS) is 26.5. The van der Waals surface area contributed by atoms with Crippen LogP contribution in [-0.4, -0.2) is 7.05 Å². The molecule has 2 rings (SSSR count). The van der Waals surface area contributed by atoms with Gasteiger partial charge in [0.2, 0.25) is 0 Å². The fourth-order valence-electron chi connectivity index (χ4n) is 3.38. The average molecular weight is 265 g/mol. The number of hydrogen-bond acceptors (Lipinski definition) is 2. The molecule has 0 saturated heterocycles. The molecule has 0 radical (unpaired) electrons. The molecule has 1 heterocycles. The minimum Gasteiger partial charge on any atom is -0.312 e. The Labute approximate surface area is 116 Å². The molecule has 1 N–H and O–H groups in total. The molecule has 1 atom stereocenters. The van der Waals surface area contributed by atoms with Crippen LogP contribution in [0.1, 0.15) is 55.3 Å². The molecule has 102 valence electrons. The van der Waals surface area contributed by atoms with Gasteiger partial charge >= 0.3 is 0 Å². The van der Waals surface area contributed by atoms with Crippen LogP contribution in [0.4, 0.5) is 0 Å². The molecule has 1 nitrogen and oxygen atoms in total. The smallest absolute Gasteiger partial charge is 0.0441 e. The van der Waals surface area contributed by atoms with Crippen LogP contribution in [-0.2, 0) is 0 Å². The third-order valence-corrected chi connectivity index (χ3v) is 5.69. The van der Waals surface area contributed by atoms with Crippen LogP contribution in [0, 0.1) is 24.7 Å². The van der Waals surface area contributed by atoms with Crippen molar-refractivity contribution in [2.45, 2.75) is 52.5 Å². The van der Waals surface area contributed by atoms with Gasteiger partial charge in [0, 0.05) is 15.8 Å². The highest BCUT2D eigenvalue weighted by Gasteiger charge is 2.29. The van der Waals surface area contributed by atoms with Gasteiger partial charge < -0.3 is 5.32 Å². The number of aryl methyl sites for hydroxylation is 1. The molecule has 1 aromatic rings. The molecule has 0 aromatic carbocycles. The quantitative estimate of drug-likeness (QED) is 0.826. The van der Waals surface area contributed by atoms with E-state index >= 15 is 0 Å². The topological polar surface area (TPSA) is 12.0 Å². The van der Waals surface area contributed by atoms with E-state index in [9.17, 15) is 0 Å². The highest BCUT2D eigenvalue weighted by atomic mass is 32.1. The summed E-state index contributed by atoms with van der Waals surface area (Å²) >= 11 is 1.96. The van der Waals surface area contributed by atoms with Crippen molar-refractivity contribution >= 4 is 11.3 Å². The van der Waals surface area contributed by atoms with Crippen LogP contribution >= 0.6 is 11.3 Å². The second-order valence-electron chi connectivity index (χ2n) is 6.13. The van der Waals surface area contributed by atoms with Crippen molar-refractivity contribution in [3.05, 3.63) is 21.9 Å². The molecule has 1 fully saturated rings. The molecule has 0 aliphatic heterocycles. The van der Waals surface area contributed by atoms with Crippen LogP contribution in [0.5, 0.6) is 0 Å². The van der Waals surface area contributed by atoms with Gasteiger partial charge in [0.15, 0.2) is 0 Å². The van der Waals surface area contributed by atoms with E-state index in [0.717, 1.165) is 17.8 Å². The largest absolute Gasteiger partial charge is 0.312 e. The Morgan fingerprint density at radius 3 is 2.17 bits per heavy atom. The summed E-state index contributed by atoms with van der Waals surface area (Å²) < 4.78 is 0. The van der Waals surface area contributed by atoms with Crippen molar-refractivity contribution < 1.29 is 0 Å². The summed E-state index contributed by atoms with van der Waals surface area (Å²) in [6.45, 7) is 6.96. The lowest BCUT2D eigenvalue weighted by atomic mass is 9.74. The molecule has 0 spiro atoms. The Kier molecular flexibility index (Phi) is 4.85. The fourth-order valence-corrected chi connectivity index (χ4v) is 4.46. The third-order valence-electron chi connectivity index (χ3n) is 4.61. The Morgan fingerprint density at radius 1 is 1.11 bits per heavy atom. The van der Waals surface area contributed by atoms with Gasteiger partial charge in [-0.15, -0.1) is 11.3 Å². The molecule has 0 amide bonds. The van der Waals surface area contributed by atoms with E-state index in [-0.39, 0.29) is 0 Å². The first-order valence-electron chi connectivity index (χ1n) is 7.35. The lowest BCUT2D eigenvalue weighted by molar-refractivity contribution is 0.194. The van der Waals surface area contributed by atoms with E-state index in [4.69, 9.17) is 0 Å². The van der Waals surface area contributed by atoms with Crippen molar-refractivity contribution in [1.29, 1.82) is 0 Å². The predicted molar refractivity (Wildman–Crippen MR) is 81.1 cm³/mol. The van der Waals surface area contributed by atoms with E-state index in [1.54, 1.807) is 0 Å². The fraction of sp³-hybridized carbons (Fsp3) is 0.750. The van der Waals surface area contributed by atoms with Gasteiger partial charge in [-0.1, -0.05) is 13.8 Å². The number of thiophene rings is 1. The number of nitrogens with one attached hydrogen (secondary N) is 1. The zero-order valence-electron chi connectivity index (χ0n) is 12.2. The van der Waals surface area contributed by atoms with Crippen LogP contribution in [0.2, 0.25) is 0 Å². The summed E-state index contributed by atoms with van der Waals surface area (Å²) in [5.74, 6) is 2.66. The van der Waals surface area contributed by atoms with E-state index in [1.807, 2.05) is 11.3 Å². The summed E-state index contributed by atoms with van der Waals surface area (Å²) in [6.07, 6.45) is 5.63. The third kappa shape index (κ3) is 3.16. The maximum atomic E-state index is 3.56. The molecule has 0 bridgehead atoms. The maximum Gasteiger partial charge on any atom is 0.0441 e. The monoisotopic (exact) mass is 265 g/mol. The molecule has 2 heteroatoms. The van der Waals surface area contributed by atoms with Crippen molar-refractivity contribution in [2.75, 3.05) is 7.05 Å². The second-order valence-corrected chi connectivity index (χ2v) is 7.45. The van der Waals surface area contributed by atoms with Gasteiger partial charge in [0.1, 0.15) is 0 Å².